The molecule has 1 amide bonds. The highest BCUT2D eigenvalue weighted by atomic mass is 32.2. The molecule has 1 aliphatic heterocycles. The van der Waals surface area contributed by atoms with E-state index < -0.39 is 21.9 Å². The van der Waals surface area contributed by atoms with Crippen molar-refractivity contribution < 1.29 is 32.2 Å². The number of carbonyl (C=O) groups excluding carboxylic acids is 2. The predicted octanol–water partition coefficient (Wildman–Crippen LogP) is 3.69. The summed E-state index contributed by atoms with van der Waals surface area (Å²) in [5, 5.41) is 0. The average Bonchev–Trinajstić information content (AvgIpc) is 3.22. The number of aromatic nitrogens is 1. The summed E-state index contributed by atoms with van der Waals surface area (Å²) in [6.45, 7) is 6.84. The molecule has 0 N–H and O–H groups in total. The van der Waals surface area contributed by atoms with Crippen molar-refractivity contribution in [2.75, 3.05) is 33.9 Å². The summed E-state index contributed by atoms with van der Waals surface area (Å²) >= 11 is 1.21. The van der Waals surface area contributed by atoms with Crippen molar-refractivity contribution in [3.05, 3.63) is 46.8 Å². The number of nitrogens with zero attached hydrogens (tertiary/aromatic N) is 3. The smallest absolute Gasteiger partial charge is 0.326 e. The Morgan fingerprint density at radius 2 is 1.64 bits per heavy atom. The van der Waals surface area contributed by atoms with Gasteiger partial charge in [0.2, 0.25) is 10.0 Å². The number of carbonyl (C=O) groups is 2. The van der Waals surface area contributed by atoms with E-state index in [4.69, 9.17) is 14.2 Å². The van der Waals surface area contributed by atoms with E-state index in [2.05, 4.69) is 18.8 Å². The lowest BCUT2D eigenvalue weighted by Crippen LogP contribution is -2.42. The number of ether oxygens (including phenoxy) is 3. The molecule has 4 rings (SSSR count). The lowest BCUT2D eigenvalue weighted by Gasteiger charge is -2.34. The van der Waals surface area contributed by atoms with Gasteiger partial charge in [-0.3, -0.25) is 9.59 Å². The second-order valence-electron chi connectivity index (χ2n) is 9.66. The molecule has 0 saturated carbocycles. The minimum Gasteiger partial charge on any atom is -0.493 e. The summed E-state index contributed by atoms with van der Waals surface area (Å²) < 4.78 is 46.2. The van der Waals surface area contributed by atoms with Crippen LogP contribution in [-0.4, -0.2) is 63.1 Å². The van der Waals surface area contributed by atoms with Crippen LogP contribution in [0.3, 0.4) is 0 Å². The number of piperidine rings is 1. The van der Waals surface area contributed by atoms with Crippen LogP contribution < -0.4 is 14.3 Å². The van der Waals surface area contributed by atoms with Gasteiger partial charge in [-0.1, -0.05) is 25.2 Å². The molecule has 0 radical (unpaired) electrons. The fraction of sp³-hybridized carbons (Fsp3) is 0.444. The summed E-state index contributed by atoms with van der Waals surface area (Å²) in [5.74, 6) is 0.491. The molecule has 0 bridgehead atoms. The summed E-state index contributed by atoms with van der Waals surface area (Å²) in [7, 11) is -0.638. The van der Waals surface area contributed by atoms with Gasteiger partial charge in [0.05, 0.1) is 35.9 Å². The van der Waals surface area contributed by atoms with E-state index in [1.807, 2.05) is 0 Å². The largest absolute Gasteiger partial charge is 0.493 e. The third-order valence-electron chi connectivity index (χ3n) is 6.55. The minimum atomic E-state index is -3.67. The number of hydrogen-bond acceptors (Lipinski definition) is 8. The van der Waals surface area contributed by atoms with Crippen LogP contribution in [0.4, 0.5) is 0 Å². The molecule has 1 aromatic heterocycles. The molecule has 1 aliphatic rings. The van der Waals surface area contributed by atoms with E-state index in [0.29, 0.717) is 30.1 Å². The zero-order chi connectivity index (χ0) is 28.3. The molecule has 12 heteroatoms. The molecule has 2 aromatic carbocycles. The van der Waals surface area contributed by atoms with Crippen LogP contribution in [0.15, 0.2) is 46.3 Å². The summed E-state index contributed by atoms with van der Waals surface area (Å²) in [4.78, 5) is 30.2. The normalized spacial score (nSPS) is 18.7. The molecule has 39 heavy (non-hydrogen) atoms. The highest BCUT2D eigenvalue weighted by molar-refractivity contribution is 7.89. The Kier molecular flexibility index (Phi) is 8.77. The first kappa shape index (κ1) is 28.8. The van der Waals surface area contributed by atoms with Gasteiger partial charge in [-0.25, -0.2) is 8.42 Å². The van der Waals surface area contributed by atoms with Crippen LogP contribution in [-0.2, 0) is 26.1 Å². The minimum absolute atomic E-state index is 0.138. The second kappa shape index (κ2) is 11.9. The van der Waals surface area contributed by atoms with Gasteiger partial charge in [-0.15, -0.1) is 0 Å². The number of amides is 1. The van der Waals surface area contributed by atoms with Crippen LogP contribution in [0.1, 0.15) is 37.6 Å². The predicted molar refractivity (Wildman–Crippen MR) is 148 cm³/mol. The first-order valence-electron chi connectivity index (χ1n) is 12.7. The topological polar surface area (TPSA) is 117 Å². The zero-order valence-electron chi connectivity index (χ0n) is 22.7. The number of fused-ring (bicyclic) bond motifs is 1. The molecule has 210 valence electrons. The Bertz CT molecular complexity index is 1530. The number of benzene rings is 2. The SMILES string of the molecule is CCOC(=O)Cn1c(=NC(=O)c2ccc(S(=O)(=O)N3CC(C)CC(C)C3)cc2)sc2cc(OC)c(OC)cc21. The third kappa shape index (κ3) is 6.18. The van der Waals surface area contributed by atoms with Crippen LogP contribution in [0.5, 0.6) is 11.5 Å². The lowest BCUT2D eigenvalue weighted by molar-refractivity contribution is -0.143. The van der Waals surface area contributed by atoms with Crippen molar-refractivity contribution >= 4 is 43.5 Å². The van der Waals surface area contributed by atoms with Gasteiger partial charge in [0.15, 0.2) is 16.3 Å². The Morgan fingerprint density at radius 1 is 1.03 bits per heavy atom. The maximum atomic E-state index is 13.2. The zero-order valence-corrected chi connectivity index (χ0v) is 24.3. The van der Waals surface area contributed by atoms with Gasteiger partial charge in [0.1, 0.15) is 6.54 Å². The highest BCUT2D eigenvalue weighted by Crippen LogP contribution is 2.33. The fourth-order valence-corrected chi connectivity index (χ4v) is 7.56. The Hall–Kier alpha value is -3.22. The first-order chi connectivity index (χ1) is 18.6. The molecule has 1 fully saturated rings. The van der Waals surface area contributed by atoms with Crippen LogP contribution >= 0.6 is 11.3 Å². The Morgan fingerprint density at radius 3 is 2.23 bits per heavy atom. The van der Waals surface area contributed by atoms with Crippen LogP contribution in [0, 0.1) is 11.8 Å². The maximum absolute atomic E-state index is 13.2. The molecular weight excluding hydrogens is 542 g/mol. The van der Waals surface area contributed by atoms with Gasteiger partial charge in [0, 0.05) is 30.8 Å². The van der Waals surface area contributed by atoms with Crippen molar-refractivity contribution in [3.8, 4) is 11.5 Å². The highest BCUT2D eigenvalue weighted by Gasteiger charge is 2.31. The molecule has 10 nitrogen and oxygen atoms in total. The molecular formula is C27H33N3O7S2. The number of hydrogen-bond donors (Lipinski definition) is 0. The number of esters is 1. The quantitative estimate of drug-likeness (QED) is 0.376. The molecule has 2 unspecified atom stereocenters. The first-order valence-corrected chi connectivity index (χ1v) is 14.9. The Balaban J connectivity index is 1.69. The molecule has 0 aliphatic carbocycles. The van der Waals surface area contributed by atoms with E-state index >= 15 is 0 Å². The fourth-order valence-electron chi connectivity index (χ4n) is 4.84. The van der Waals surface area contributed by atoms with E-state index in [0.717, 1.165) is 11.1 Å². The van der Waals surface area contributed by atoms with Crippen molar-refractivity contribution in [3.63, 3.8) is 0 Å². The molecule has 0 spiro atoms. The van der Waals surface area contributed by atoms with Crippen molar-refractivity contribution in [1.29, 1.82) is 0 Å². The molecule has 2 heterocycles. The van der Waals surface area contributed by atoms with Crippen molar-refractivity contribution in [2.45, 2.75) is 38.6 Å². The molecule has 3 aromatic rings. The second-order valence-corrected chi connectivity index (χ2v) is 12.6. The molecule has 1 saturated heterocycles. The number of rotatable bonds is 8. The van der Waals surface area contributed by atoms with Crippen molar-refractivity contribution in [1.82, 2.24) is 8.87 Å². The number of sulfonamides is 1. The standard InChI is InChI=1S/C27H33N3O7S2/c1-6-37-25(31)16-30-21-12-22(35-4)23(36-5)13-24(21)38-27(30)28-26(32)19-7-9-20(10-8-19)39(33,34)29-14-17(2)11-18(3)15-29/h7-10,12-13,17-18H,6,11,14-16H2,1-5H3. The van der Waals surface area contributed by atoms with Gasteiger partial charge in [-0.05, 0) is 49.4 Å². The Labute approximate surface area is 231 Å². The van der Waals surface area contributed by atoms with Gasteiger partial charge < -0.3 is 18.8 Å². The molecule has 2 atom stereocenters. The summed E-state index contributed by atoms with van der Waals surface area (Å²) in [6.07, 6.45) is 0.994. The summed E-state index contributed by atoms with van der Waals surface area (Å²) in [6, 6.07) is 9.28. The van der Waals surface area contributed by atoms with E-state index in [1.54, 1.807) is 23.6 Å². The van der Waals surface area contributed by atoms with E-state index in [9.17, 15) is 18.0 Å². The van der Waals surface area contributed by atoms with Crippen LogP contribution in [0.25, 0.3) is 10.2 Å². The number of methoxy groups -OCH3 is 2. The lowest BCUT2D eigenvalue weighted by atomic mass is 9.94. The maximum Gasteiger partial charge on any atom is 0.326 e. The van der Waals surface area contributed by atoms with E-state index in [1.165, 1.54) is 54.1 Å². The average molecular weight is 576 g/mol. The van der Waals surface area contributed by atoms with Gasteiger partial charge in [-0.2, -0.15) is 9.30 Å². The summed E-state index contributed by atoms with van der Waals surface area (Å²) in [5.41, 5.74) is 0.855. The van der Waals surface area contributed by atoms with Gasteiger partial charge >= 0.3 is 5.97 Å². The van der Waals surface area contributed by atoms with Crippen LogP contribution in [0.2, 0.25) is 0 Å². The van der Waals surface area contributed by atoms with E-state index in [-0.39, 0.29) is 40.2 Å². The third-order valence-corrected chi connectivity index (χ3v) is 9.44. The van der Waals surface area contributed by atoms with Gasteiger partial charge in [0.25, 0.3) is 5.91 Å². The number of thiazole rings is 1. The monoisotopic (exact) mass is 575 g/mol. The van der Waals surface area contributed by atoms with Crippen molar-refractivity contribution in [2.24, 2.45) is 16.8 Å².